The lowest BCUT2D eigenvalue weighted by atomic mass is 10.0. The number of hydrogen-bond donors (Lipinski definition) is 1. The number of carbonyl (C=O) groups excluding carboxylic acids is 1. The second-order valence-corrected chi connectivity index (χ2v) is 8.54. The molecule has 114 valence electrons. The Hall–Kier alpha value is -1.08. The monoisotopic (exact) mass is 319 g/mol. The first-order valence-electron chi connectivity index (χ1n) is 6.32. The molecule has 0 aromatic carbocycles. The molecule has 1 N–H and O–H groups in total. The number of thiophene rings is 1. The maximum atomic E-state index is 12.0. The molecule has 0 atom stereocenters. The summed E-state index contributed by atoms with van der Waals surface area (Å²) in [6.45, 7) is 9.35. The van der Waals surface area contributed by atoms with Gasteiger partial charge in [-0.3, -0.25) is 4.72 Å². The van der Waals surface area contributed by atoms with Crippen LogP contribution in [0.4, 0.5) is 5.00 Å². The lowest BCUT2D eigenvalue weighted by Gasteiger charge is -2.18. The Morgan fingerprint density at radius 2 is 2.00 bits per heavy atom. The van der Waals surface area contributed by atoms with Crippen molar-refractivity contribution in [2.24, 2.45) is 5.41 Å². The molecule has 1 rings (SSSR count). The molecule has 0 saturated carbocycles. The molecule has 0 bridgehead atoms. The Kier molecular flexibility index (Phi) is 5.21. The van der Waals surface area contributed by atoms with Gasteiger partial charge in [-0.15, -0.1) is 11.3 Å². The summed E-state index contributed by atoms with van der Waals surface area (Å²) in [4.78, 5) is 12.1. The van der Waals surface area contributed by atoms with E-state index in [4.69, 9.17) is 4.74 Å². The normalized spacial score (nSPS) is 12.2. The first-order valence-corrected chi connectivity index (χ1v) is 8.79. The highest BCUT2D eigenvalue weighted by Gasteiger charge is 2.23. The average molecular weight is 319 g/mol. The second kappa shape index (κ2) is 6.13. The molecule has 0 unspecified atom stereocenters. The van der Waals surface area contributed by atoms with E-state index < -0.39 is 16.0 Å². The van der Waals surface area contributed by atoms with Gasteiger partial charge in [-0.2, -0.15) is 0 Å². The van der Waals surface area contributed by atoms with Crippen LogP contribution >= 0.6 is 11.3 Å². The standard InChI is InChI=1S/C13H21NO4S2/c1-6-18-12(15)11-9(2)7-10(19-11)14-20(16,17)8-13(3,4)5/h7,14H,6,8H2,1-5H3. The third-order valence-corrected chi connectivity index (χ3v) is 5.30. The molecular formula is C13H21NO4S2. The Labute approximate surface area is 124 Å². The van der Waals surface area contributed by atoms with E-state index in [2.05, 4.69) is 4.72 Å². The summed E-state index contributed by atoms with van der Waals surface area (Å²) in [6.07, 6.45) is 0. The number of esters is 1. The predicted molar refractivity (Wildman–Crippen MR) is 81.9 cm³/mol. The Balaban J connectivity index is 2.90. The minimum Gasteiger partial charge on any atom is -0.462 e. The van der Waals surface area contributed by atoms with Gasteiger partial charge in [0, 0.05) is 0 Å². The molecule has 0 aliphatic rings. The maximum absolute atomic E-state index is 12.0. The Morgan fingerprint density at radius 3 is 2.50 bits per heavy atom. The van der Waals surface area contributed by atoms with Crippen molar-refractivity contribution in [2.75, 3.05) is 17.1 Å². The van der Waals surface area contributed by atoms with Crippen LogP contribution in [-0.4, -0.2) is 26.7 Å². The Morgan fingerprint density at radius 1 is 1.40 bits per heavy atom. The quantitative estimate of drug-likeness (QED) is 0.847. The second-order valence-electron chi connectivity index (χ2n) is 5.77. The number of ether oxygens (including phenoxy) is 1. The SMILES string of the molecule is CCOC(=O)c1sc(NS(=O)(=O)CC(C)(C)C)cc1C. The van der Waals surface area contributed by atoms with Crippen LogP contribution in [0.2, 0.25) is 0 Å². The molecule has 0 radical (unpaired) electrons. The van der Waals surface area contributed by atoms with E-state index in [-0.39, 0.29) is 11.2 Å². The van der Waals surface area contributed by atoms with E-state index in [1.54, 1.807) is 19.9 Å². The highest BCUT2D eigenvalue weighted by molar-refractivity contribution is 7.92. The zero-order chi connectivity index (χ0) is 15.6. The summed E-state index contributed by atoms with van der Waals surface area (Å²) < 4.78 is 31.5. The molecule has 1 heterocycles. The topological polar surface area (TPSA) is 72.5 Å². The summed E-state index contributed by atoms with van der Waals surface area (Å²) in [5.41, 5.74) is 0.379. The number of sulfonamides is 1. The summed E-state index contributed by atoms with van der Waals surface area (Å²) in [5, 5.41) is 0.440. The van der Waals surface area contributed by atoms with E-state index in [0.717, 1.165) is 11.3 Å². The zero-order valence-corrected chi connectivity index (χ0v) is 14.1. The summed E-state index contributed by atoms with van der Waals surface area (Å²) >= 11 is 1.10. The molecule has 0 fully saturated rings. The van der Waals surface area contributed by atoms with Gasteiger partial charge in [0.2, 0.25) is 10.0 Å². The summed E-state index contributed by atoms with van der Waals surface area (Å²) in [6, 6.07) is 1.65. The van der Waals surface area contributed by atoms with Crippen molar-refractivity contribution in [1.82, 2.24) is 0 Å². The van der Waals surface area contributed by atoms with Gasteiger partial charge in [0.25, 0.3) is 0 Å². The van der Waals surface area contributed by atoms with Crippen molar-refractivity contribution in [3.05, 3.63) is 16.5 Å². The highest BCUT2D eigenvalue weighted by atomic mass is 32.2. The average Bonchev–Trinajstić information content (AvgIpc) is 2.54. The third-order valence-electron chi connectivity index (χ3n) is 2.26. The van der Waals surface area contributed by atoms with Gasteiger partial charge >= 0.3 is 5.97 Å². The lowest BCUT2D eigenvalue weighted by Crippen LogP contribution is -2.25. The summed E-state index contributed by atoms with van der Waals surface area (Å²) in [7, 11) is -3.43. The molecule has 5 nitrogen and oxygen atoms in total. The van der Waals surface area contributed by atoms with Crippen LogP contribution in [0.25, 0.3) is 0 Å². The molecule has 0 spiro atoms. The minimum absolute atomic E-state index is 0.0195. The van der Waals surface area contributed by atoms with Crippen molar-refractivity contribution in [3.63, 3.8) is 0 Å². The fourth-order valence-corrected chi connectivity index (χ4v) is 4.63. The Bertz CT molecular complexity index is 582. The van der Waals surface area contributed by atoms with E-state index in [9.17, 15) is 13.2 Å². The van der Waals surface area contributed by atoms with Gasteiger partial charge in [0.15, 0.2) is 0 Å². The highest BCUT2D eigenvalue weighted by Crippen LogP contribution is 2.29. The lowest BCUT2D eigenvalue weighted by molar-refractivity contribution is 0.0531. The summed E-state index contributed by atoms with van der Waals surface area (Å²) in [5.74, 6) is -0.401. The van der Waals surface area contributed by atoms with Crippen molar-refractivity contribution in [2.45, 2.75) is 34.6 Å². The van der Waals surface area contributed by atoms with E-state index in [0.29, 0.717) is 22.0 Å². The van der Waals surface area contributed by atoms with Crippen LogP contribution in [0, 0.1) is 12.3 Å². The number of carbonyl (C=O) groups is 1. The number of aryl methyl sites for hydroxylation is 1. The minimum atomic E-state index is -3.43. The van der Waals surface area contributed by atoms with Crippen LogP contribution in [-0.2, 0) is 14.8 Å². The molecule has 20 heavy (non-hydrogen) atoms. The van der Waals surface area contributed by atoms with Gasteiger partial charge < -0.3 is 4.74 Å². The predicted octanol–water partition coefficient (Wildman–Crippen LogP) is 3.02. The van der Waals surface area contributed by atoms with Gasteiger partial charge in [-0.25, -0.2) is 13.2 Å². The molecule has 0 amide bonds. The first-order chi connectivity index (χ1) is 9.04. The fourth-order valence-electron chi connectivity index (χ4n) is 1.69. The molecule has 1 aromatic heterocycles. The molecule has 0 aliphatic heterocycles. The van der Waals surface area contributed by atoms with Gasteiger partial charge in [0.1, 0.15) is 9.88 Å². The molecular weight excluding hydrogens is 298 g/mol. The van der Waals surface area contributed by atoms with Gasteiger partial charge in [-0.1, -0.05) is 20.8 Å². The fraction of sp³-hybridized carbons (Fsp3) is 0.615. The van der Waals surface area contributed by atoms with Crippen LogP contribution in [0.15, 0.2) is 6.07 Å². The molecule has 1 aromatic rings. The first kappa shape index (κ1) is 17.0. The van der Waals surface area contributed by atoms with Crippen LogP contribution in [0.1, 0.15) is 42.9 Å². The van der Waals surface area contributed by atoms with Crippen molar-refractivity contribution >= 4 is 32.3 Å². The van der Waals surface area contributed by atoms with Gasteiger partial charge in [-0.05, 0) is 30.9 Å². The van der Waals surface area contributed by atoms with Crippen molar-refractivity contribution in [1.29, 1.82) is 0 Å². The molecule has 0 aliphatic carbocycles. The van der Waals surface area contributed by atoms with Crippen LogP contribution in [0.5, 0.6) is 0 Å². The van der Waals surface area contributed by atoms with Crippen LogP contribution < -0.4 is 4.72 Å². The molecule has 7 heteroatoms. The zero-order valence-electron chi connectivity index (χ0n) is 12.4. The van der Waals surface area contributed by atoms with Crippen molar-refractivity contribution < 1.29 is 17.9 Å². The third kappa shape index (κ3) is 5.13. The van der Waals surface area contributed by atoms with E-state index >= 15 is 0 Å². The smallest absolute Gasteiger partial charge is 0.348 e. The molecule has 0 saturated heterocycles. The largest absolute Gasteiger partial charge is 0.462 e. The van der Waals surface area contributed by atoms with E-state index in [1.807, 2.05) is 20.8 Å². The van der Waals surface area contributed by atoms with E-state index in [1.165, 1.54) is 0 Å². The number of nitrogens with one attached hydrogen (secondary N) is 1. The number of rotatable bonds is 5. The van der Waals surface area contributed by atoms with Crippen LogP contribution in [0.3, 0.4) is 0 Å². The number of anilines is 1. The number of hydrogen-bond acceptors (Lipinski definition) is 5. The maximum Gasteiger partial charge on any atom is 0.348 e. The van der Waals surface area contributed by atoms with Crippen molar-refractivity contribution in [3.8, 4) is 0 Å². The van der Waals surface area contributed by atoms with Gasteiger partial charge in [0.05, 0.1) is 12.4 Å².